The number of rotatable bonds is 6. The quantitative estimate of drug-likeness (QED) is 0.503. The standard InChI is InChI=1S/C21H17ClFNO4S/c1-3-4-13-7-12(8-17(28-2)19(13)25)9-18-20(26)24(21(27)29-18)11-14-5-6-15(23)10-16(14)22/h3,5-10,25H,1,4,11H2,2H3/b18-9-. The van der Waals surface area contributed by atoms with E-state index in [1.54, 1.807) is 24.3 Å². The molecule has 2 aromatic carbocycles. The lowest BCUT2D eigenvalue weighted by molar-refractivity contribution is -0.123. The second-order valence-corrected chi connectivity index (χ2v) is 7.63. The topological polar surface area (TPSA) is 66.8 Å². The van der Waals surface area contributed by atoms with Crippen molar-refractivity contribution in [2.24, 2.45) is 0 Å². The number of ether oxygens (including phenoxy) is 1. The molecule has 8 heteroatoms. The van der Waals surface area contributed by atoms with Crippen molar-refractivity contribution in [2.75, 3.05) is 7.11 Å². The molecule has 0 unspecified atom stereocenters. The van der Waals surface area contributed by atoms with Gasteiger partial charge in [0.25, 0.3) is 11.1 Å². The van der Waals surface area contributed by atoms with Gasteiger partial charge in [-0.2, -0.15) is 0 Å². The zero-order valence-electron chi connectivity index (χ0n) is 15.4. The summed E-state index contributed by atoms with van der Waals surface area (Å²) in [5, 5.41) is 9.88. The summed E-state index contributed by atoms with van der Waals surface area (Å²) in [6.07, 6.45) is 3.61. The van der Waals surface area contributed by atoms with Gasteiger partial charge in [0, 0.05) is 10.6 Å². The number of halogens is 2. The molecule has 2 aromatic rings. The first-order chi connectivity index (χ1) is 13.8. The smallest absolute Gasteiger partial charge is 0.293 e. The summed E-state index contributed by atoms with van der Waals surface area (Å²) >= 11 is 6.81. The third kappa shape index (κ3) is 4.46. The van der Waals surface area contributed by atoms with E-state index in [0.29, 0.717) is 23.1 Å². The molecule has 2 amide bonds. The second-order valence-electron chi connectivity index (χ2n) is 6.23. The van der Waals surface area contributed by atoms with Crippen LogP contribution in [0.5, 0.6) is 11.5 Å². The summed E-state index contributed by atoms with van der Waals surface area (Å²) in [5.41, 5.74) is 1.65. The highest BCUT2D eigenvalue weighted by atomic mass is 35.5. The normalized spacial score (nSPS) is 15.3. The molecule has 29 heavy (non-hydrogen) atoms. The SMILES string of the molecule is C=CCc1cc(/C=C2\SC(=O)N(Cc3ccc(F)cc3Cl)C2=O)cc(OC)c1O. The molecule has 0 bridgehead atoms. The number of carbonyl (C=O) groups is 2. The molecule has 1 fully saturated rings. The van der Waals surface area contributed by atoms with Crippen LogP contribution in [0, 0.1) is 5.82 Å². The van der Waals surface area contributed by atoms with E-state index in [-0.39, 0.29) is 28.0 Å². The van der Waals surface area contributed by atoms with Crippen LogP contribution in [0.25, 0.3) is 6.08 Å². The fourth-order valence-corrected chi connectivity index (χ4v) is 3.91. The van der Waals surface area contributed by atoms with E-state index in [1.165, 1.54) is 19.2 Å². The van der Waals surface area contributed by atoms with Crippen molar-refractivity contribution < 1.29 is 23.8 Å². The molecule has 0 atom stereocenters. The number of imide groups is 1. The Balaban J connectivity index is 1.90. The molecule has 150 valence electrons. The third-order valence-corrected chi connectivity index (χ3v) is 5.53. The largest absolute Gasteiger partial charge is 0.504 e. The summed E-state index contributed by atoms with van der Waals surface area (Å²) in [5.74, 6) is -0.710. The second kappa shape index (κ2) is 8.71. The fourth-order valence-electron chi connectivity index (χ4n) is 2.85. The maximum atomic E-state index is 13.2. The van der Waals surface area contributed by atoms with E-state index < -0.39 is 17.0 Å². The van der Waals surface area contributed by atoms with E-state index >= 15 is 0 Å². The highest BCUT2D eigenvalue weighted by Gasteiger charge is 2.35. The first-order valence-corrected chi connectivity index (χ1v) is 9.73. The number of carbonyl (C=O) groups excluding carboxylic acids is 2. The Morgan fingerprint density at radius 3 is 2.69 bits per heavy atom. The minimum Gasteiger partial charge on any atom is -0.504 e. The Morgan fingerprint density at radius 2 is 2.03 bits per heavy atom. The van der Waals surface area contributed by atoms with E-state index in [0.717, 1.165) is 22.7 Å². The molecule has 1 heterocycles. The number of hydrogen-bond acceptors (Lipinski definition) is 5. The highest BCUT2D eigenvalue weighted by Crippen LogP contribution is 2.37. The van der Waals surface area contributed by atoms with Gasteiger partial charge in [-0.05, 0) is 59.7 Å². The number of phenols is 1. The van der Waals surface area contributed by atoms with Gasteiger partial charge in [-0.25, -0.2) is 4.39 Å². The van der Waals surface area contributed by atoms with Crippen molar-refractivity contribution in [1.29, 1.82) is 0 Å². The van der Waals surface area contributed by atoms with Gasteiger partial charge in [0.15, 0.2) is 11.5 Å². The van der Waals surface area contributed by atoms with Crippen LogP contribution in [0.15, 0.2) is 47.9 Å². The Kier molecular flexibility index (Phi) is 6.30. The lowest BCUT2D eigenvalue weighted by Crippen LogP contribution is -2.27. The van der Waals surface area contributed by atoms with E-state index in [1.807, 2.05) is 0 Å². The van der Waals surface area contributed by atoms with Gasteiger partial charge in [-0.15, -0.1) is 6.58 Å². The Bertz CT molecular complexity index is 1040. The Hall–Kier alpha value is -2.77. The summed E-state index contributed by atoms with van der Waals surface area (Å²) in [4.78, 5) is 26.4. The van der Waals surface area contributed by atoms with Crippen LogP contribution in [0.3, 0.4) is 0 Å². The van der Waals surface area contributed by atoms with Crippen molar-refractivity contribution in [3.8, 4) is 11.5 Å². The number of aromatic hydroxyl groups is 1. The summed E-state index contributed by atoms with van der Waals surface area (Å²) in [6, 6.07) is 7.07. The van der Waals surface area contributed by atoms with Crippen LogP contribution >= 0.6 is 23.4 Å². The maximum Gasteiger partial charge on any atom is 0.293 e. The zero-order valence-corrected chi connectivity index (χ0v) is 17.0. The predicted molar refractivity (Wildman–Crippen MR) is 111 cm³/mol. The molecule has 1 N–H and O–H groups in total. The van der Waals surface area contributed by atoms with Crippen molar-refractivity contribution >= 4 is 40.6 Å². The molecule has 1 aliphatic heterocycles. The van der Waals surface area contributed by atoms with Crippen LogP contribution in [0.4, 0.5) is 9.18 Å². The van der Waals surface area contributed by atoms with Crippen molar-refractivity contribution in [2.45, 2.75) is 13.0 Å². The minimum absolute atomic E-state index is 0.00334. The summed E-state index contributed by atoms with van der Waals surface area (Å²) in [6.45, 7) is 3.60. The van der Waals surface area contributed by atoms with Crippen molar-refractivity contribution in [3.05, 3.63) is 75.4 Å². The Morgan fingerprint density at radius 1 is 1.28 bits per heavy atom. The zero-order chi connectivity index (χ0) is 21.1. The molecular formula is C21H17ClFNO4S. The van der Waals surface area contributed by atoms with Crippen LogP contribution in [-0.2, 0) is 17.8 Å². The van der Waals surface area contributed by atoms with Gasteiger partial charge >= 0.3 is 0 Å². The monoisotopic (exact) mass is 433 g/mol. The molecule has 5 nitrogen and oxygen atoms in total. The van der Waals surface area contributed by atoms with E-state index in [9.17, 15) is 19.1 Å². The van der Waals surface area contributed by atoms with Crippen molar-refractivity contribution in [3.63, 3.8) is 0 Å². The van der Waals surface area contributed by atoms with Crippen LogP contribution < -0.4 is 4.74 Å². The molecule has 0 aliphatic carbocycles. The first-order valence-electron chi connectivity index (χ1n) is 8.54. The molecule has 1 saturated heterocycles. The van der Waals surface area contributed by atoms with Crippen LogP contribution in [-0.4, -0.2) is 28.3 Å². The highest BCUT2D eigenvalue weighted by molar-refractivity contribution is 8.18. The van der Waals surface area contributed by atoms with Gasteiger partial charge in [-0.3, -0.25) is 14.5 Å². The molecule has 0 aromatic heterocycles. The number of benzene rings is 2. The number of nitrogens with zero attached hydrogens (tertiary/aromatic N) is 1. The summed E-state index contributed by atoms with van der Waals surface area (Å²) in [7, 11) is 1.43. The minimum atomic E-state index is -0.496. The molecule has 0 saturated carbocycles. The third-order valence-electron chi connectivity index (χ3n) is 4.28. The number of phenolic OH excluding ortho intramolecular Hbond substituents is 1. The number of thioether (sulfide) groups is 1. The fraction of sp³-hybridized carbons (Fsp3) is 0.143. The molecule has 3 rings (SSSR count). The van der Waals surface area contributed by atoms with Gasteiger partial charge < -0.3 is 9.84 Å². The number of methoxy groups -OCH3 is 1. The van der Waals surface area contributed by atoms with Crippen LogP contribution in [0.2, 0.25) is 5.02 Å². The lowest BCUT2D eigenvalue weighted by Gasteiger charge is -2.13. The van der Waals surface area contributed by atoms with Gasteiger partial charge in [0.05, 0.1) is 18.6 Å². The van der Waals surface area contributed by atoms with Gasteiger partial charge in [-0.1, -0.05) is 23.7 Å². The average molecular weight is 434 g/mol. The molecule has 1 aliphatic rings. The average Bonchev–Trinajstić information content (AvgIpc) is 2.93. The first kappa shape index (κ1) is 21.0. The Labute approximate surface area is 176 Å². The van der Waals surface area contributed by atoms with E-state index in [2.05, 4.69) is 6.58 Å². The van der Waals surface area contributed by atoms with Crippen molar-refractivity contribution in [1.82, 2.24) is 4.90 Å². The van der Waals surface area contributed by atoms with Gasteiger partial charge in [0.1, 0.15) is 5.82 Å². The van der Waals surface area contributed by atoms with Gasteiger partial charge in [0.2, 0.25) is 0 Å². The van der Waals surface area contributed by atoms with Crippen LogP contribution in [0.1, 0.15) is 16.7 Å². The predicted octanol–water partition coefficient (Wildman–Crippen LogP) is 5.16. The molecular weight excluding hydrogens is 417 g/mol. The number of allylic oxidation sites excluding steroid dienone is 1. The molecule has 0 radical (unpaired) electrons. The van der Waals surface area contributed by atoms with E-state index in [4.69, 9.17) is 16.3 Å². The molecule has 0 spiro atoms. The number of amides is 2. The maximum absolute atomic E-state index is 13.2. The lowest BCUT2D eigenvalue weighted by atomic mass is 10.1. The number of hydrogen-bond donors (Lipinski definition) is 1. The summed E-state index contributed by atoms with van der Waals surface area (Å²) < 4.78 is 18.4.